The molecule has 2 heterocycles. The predicted molar refractivity (Wildman–Crippen MR) is 105 cm³/mol. The molecule has 8 nitrogen and oxygen atoms in total. The van der Waals surface area contributed by atoms with Gasteiger partial charge in [0, 0.05) is 38.1 Å². The van der Waals surface area contributed by atoms with Crippen molar-refractivity contribution in [2.75, 3.05) is 39.4 Å². The zero-order valence-electron chi connectivity index (χ0n) is 17.2. The fourth-order valence-electron chi connectivity index (χ4n) is 4.62. The van der Waals surface area contributed by atoms with Crippen molar-refractivity contribution in [1.29, 1.82) is 0 Å². The van der Waals surface area contributed by atoms with E-state index in [1.54, 1.807) is 13.8 Å². The summed E-state index contributed by atoms with van der Waals surface area (Å²) in [6.07, 6.45) is 6.70. The van der Waals surface area contributed by atoms with Gasteiger partial charge >= 0.3 is 6.03 Å². The van der Waals surface area contributed by atoms with Gasteiger partial charge in [0.15, 0.2) is 0 Å². The highest BCUT2D eigenvalue weighted by Crippen LogP contribution is 2.33. The zero-order chi connectivity index (χ0) is 20.2. The van der Waals surface area contributed by atoms with Crippen molar-refractivity contribution >= 4 is 17.8 Å². The van der Waals surface area contributed by atoms with Crippen LogP contribution in [0.4, 0.5) is 4.79 Å². The van der Waals surface area contributed by atoms with Gasteiger partial charge in [-0.15, -0.1) is 0 Å². The number of ether oxygens (including phenoxy) is 1. The topological polar surface area (TPSA) is 91.0 Å². The predicted octanol–water partition coefficient (Wildman–Crippen LogP) is 1.25. The molecular formula is C20H34N4O4. The van der Waals surface area contributed by atoms with Gasteiger partial charge in [-0.2, -0.15) is 0 Å². The van der Waals surface area contributed by atoms with Gasteiger partial charge in [0.25, 0.3) is 5.91 Å². The van der Waals surface area contributed by atoms with E-state index in [1.807, 2.05) is 0 Å². The summed E-state index contributed by atoms with van der Waals surface area (Å²) < 4.78 is 5.50. The van der Waals surface area contributed by atoms with Gasteiger partial charge in [-0.05, 0) is 33.1 Å². The molecule has 0 aromatic carbocycles. The summed E-state index contributed by atoms with van der Waals surface area (Å²) in [7, 11) is 0. The molecule has 0 radical (unpaired) electrons. The van der Waals surface area contributed by atoms with Crippen LogP contribution in [0.15, 0.2) is 0 Å². The van der Waals surface area contributed by atoms with E-state index in [9.17, 15) is 14.4 Å². The summed E-state index contributed by atoms with van der Waals surface area (Å²) in [6, 6.07) is -0.371. The molecule has 0 spiro atoms. The van der Waals surface area contributed by atoms with Crippen LogP contribution in [0.25, 0.3) is 0 Å². The highest BCUT2D eigenvalue weighted by molar-refractivity contribution is 6.06. The second kappa shape index (κ2) is 8.78. The lowest BCUT2D eigenvalue weighted by molar-refractivity contribution is -0.130. The van der Waals surface area contributed by atoms with E-state index in [-0.39, 0.29) is 29.9 Å². The molecule has 2 N–H and O–H groups in total. The van der Waals surface area contributed by atoms with E-state index in [0.717, 1.165) is 39.1 Å². The molecule has 3 fully saturated rings. The molecule has 1 aliphatic carbocycles. The molecule has 2 saturated heterocycles. The van der Waals surface area contributed by atoms with Crippen LogP contribution in [-0.4, -0.2) is 78.1 Å². The second-order valence-corrected chi connectivity index (χ2v) is 8.78. The molecule has 0 aromatic rings. The number of morpholine rings is 1. The first-order chi connectivity index (χ1) is 13.3. The van der Waals surface area contributed by atoms with Crippen molar-refractivity contribution in [3.05, 3.63) is 0 Å². The van der Waals surface area contributed by atoms with Gasteiger partial charge < -0.3 is 15.4 Å². The van der Waals surface area contributed by atoms with Gasteiger partial charge in [-0.1, -0.05) is 19.3 Å². The Labute approximate surface area is 167 Å². The van der Waals surface area contributed by atoms with E-state index in [4.69, 9.17) is 4.74 Å². The number of rotatable bonds is 7. The molecule has 3 rings (SSSR count). The molecule has 1 saturated carbocycles. The smallest absolute Gasteiger partial charge is 0.325 e. The average molecular weight is 395 g/mol. The van der Waals surface area contributed by atoms with Gasteiger partial charge in [0.1, 0.15) is 5.54 Å². The molecule has 0 unspecified atom stereocenters. The van der Waals surface area contributed by atoms with Crippen molar-refractivity contribution in [1.82, 2.24) is 20.4 Å². The Hall–Kier alpha value is -1.67. The monoisotopic (exact) mass is 394 g/mol. The van der Waals surface area contributed by atoms with Gasteiger partial charge in [0.2, 0.25) is 5.91 Å². The first kappa shape index (κ1) is 21.0. The van der Waals surface area contributed by atoms with E-state index >= 15 is 0 Å². The lowest BCUT2D eigenvalue weighted by Crippen LogP contribution is -2.59. The fraction of sp³-hybridized carbons (Fsp3) is 0.850. The van der Waals surface area contributed by atoms with Crippen LogP contribution in [0.2, 0.25) is 0 Å². The first-order valence-corrected chi connectivity index (χ1v) is 10.6. The van der Waals surface area contributed by atoms with Crippen LogP contribution in [0.3, 0.4) is 0 Å². The number of hydrogen-bond acceptors (Lipinski definition) is 5. The number of nitrogens with zero attached hydrogens (tertiary/aromatic N) is 2. The molecular weight excluding hydrogens is 360 g/mol. The summed E-state index contributed by atoms with van der Waals surface area (Å²) in [5.74, 6) is -0.240. The number of carbonyl (C=O) groups excluding carboxylic acids is 3. The summed E-state index contributed by atoms with van der Waals surface area (Å²) in [5.41, 5.74) is -0.808. The van der Waals surface area contributed by atoms with Crippen LogP contribution in [-0.2, 0) is 14.3 Å². The molecule has 28 heavy (non-hydrogen) atoms. The average Bonchev–Trinajstić information content (AvgIpc) is 2.89. The van der Waals surface area contributed by atoms with Gasteiger partial charge in [0.05, 0.1) is 13.2 Å². The SMILES string of the molecule is CC1(C)NC(=O)N(CCCC(=O)NCC2(N3CCOCC3)CCCCC2)C1=O. The first-order valence-electron chi connectivity index (χ1n) is 10.6. The number of hydrogen-bond donors (Lipinski definition) is 2. The van der Waals surface area contributed by atoms with E-state index in [0.29, 0.717) is 19.4 Å². The van der Waals surface area contributed by atoms with Crippen LogP contribution < -0.4 is 10.6 Å². The maximum atomic E-state index is 12.4. The van der Waals surface area contributed by atoms with Crippen molar-refractivity contribution in [3.8, 4) is 0 Å². The Morgan fingerprint density at radius 2 is 1.82 bits per heavy atom. The third-order valence-electron chi connectivity index (χ3n) is 6.31. The van der Waals surface area contributed by atoms with Crippen LogP contribution >= 0.6 is 0 Å². The fourth-order valence-corrected chi connectivity index (χ4v) is 4.62. The lowest BCUT2D eigenvalue weighted by Gasteiger charge is -2.48. The van der Waals surface area contributed by atoms with Crippen molar-refractivity contribution in [3.63, 3.8) is 0 Å². The second-order valence-electron chi connectivity index (χ2n) is 8.78. The number of nitrogens with one attached hydrogen (secondary N) is 2. The van der Waals surface area contributed by atoms with Gasteiger partial charge in [-0.25, -0.2) is 4.79 Å². The maximum absolute atomic E-state index is 12.4. The van der Waals surface area contributed by atoms with Crippen LogP contribution in [0.5, 0.6) is 0 Å². The molecule has 3 aliphatic rings. The van der Waals surface area contributed by atoms with Crippen molar-refractivity contribution < 1.29 is 19.1 Å². The number of imide groups is 1. The molecule has 0 bridgehead atoms. The highest BCUT2D eigenvalue weighted by atomic mass is 16.5. The normalized spacial score (nSPS) is 24.9. The lowest BCUT2D eigenvalue weighted by atomic mass is 9.79. The van der Waals surface area contributed by atoms with Crippen LogP contribution in [0, 0.1) is 0 Å². The summed E-state index contributed by atoms with van der Waals surface area (Å²) in [5, 5.41) is 5.79. The van der Waals surface area contributed by atoms with Crippen molar-refractivity contribution in [2.24, 2.45) is 0 Å². The minimum Gasteiger partial charge on any atom is -0.379 e. The van der Waals surface area contributed by atoms with E-state index in [1.165, 1.54) is 24.2 Å². The highest BCUT2D eigenvalue weighted by Gasteiger charge is 2.44. The summed E-state index contributed by atoms with van der Waals surface area (Å²) in [4.78, 5) is 40.2. The van der Waals surface area contributed by atoms with E-state index < -0.39 is 5.54 Å². The third-order valence-corrected chi connectivity index (χ3v) is 6.31. The molecule has 4 amide bonds. The molecule has 0 aromatic heterocycles. The Balaban J connectivity index is 1.46. The maximum Gasteiger partial charge on any atom is 0.325 e. The van der Waals surface area contributed by atoms with Crippen molar-refractivity contribution in [2.45, 2.75) is 69.9 Å². The quantitative estimate of drug-likeness (QED) is 0.634. The van der Waals surface area contributed by atoms with E-state index in [2.05, 4.69) is 15.5 Å². The summed E-state index contributed by atoms with van der Waals surface area (Å²) >= 11 is 0. The Morgan fingerprint density at radius 3 is 2.43 bits per heavy atom. The number of amides is 4. The minimum atomic E-state index is -0.856. The zero-order valence-corrected chi connectivity index (χ0v) is 17.2. The van der Waals surface area contributed by atoms with Gasteiger partial charge in [-0.3, -0.25) is 19.4 Å². The summed E-state index contributed by atoms with van der Waals surface area (Å²) in [6.45, 7) is 7.70. The molecule has 158 valence electrons. The third kappa shape index (κ3) is 4.66. The Bertz CT molecular complexity index is 595. The number of carbonyl (C=O) groups is 3. The standard InChI is InChI=1S/C20H34N4O4/c1-19(2)17(26)24(18(27)22-19)10-6-7-16(25)21-15-20(8-4-3-5-9-20)23-11-13-28-14-12-23/h3-15H2,1-2H3,(H,21,25)(H,22,27). The van der Waals surface area contributed by atoms with Crippen LogP contribution in [0.1, 0.15) is 58.8 Å². The molecule has 2 aliphatic heterocycles. The minimum absolute atomic E-state index is 0.00970. The molecule has 0 atom stereocenters. The Kier molecular flexibility index (Phi) is 6.60. The Morgan fingerprint density at radius 1 is 1.14 bits per heavy atom. The largest absolute Gasteiger partial charge is 0.379 e. The molecule has 8 heteroatoms. The number of urea groups is 1.